The van der Waals surface area contributed by atoms with Crippen LogP contribution in [0.5, 0.6) is 11.5 Å². The molecule has 19 heavy (non-hydrogen) atoms. The lowest BCUT2D eigenvalue weighted by Crippen LogP contribution is -2.36. The lowest BCUT2D eigenvalue weighted by molar-refractivity contribution is -0.127. The predicted molar refractivity (Wildman–Crippen MR) is 71.7 cm³/mol. The van der Waals surface area contributed by atoms with E-state index in [1.807, 2.05) is 0 Å². The molecule has 5 heteroatoms. The van der Waals surface area contributed by atoms with E-state index in [0.29, 0.717) is 24.1 Å². The molecule has 0 fully saturated rings. The first-order valence-corrected chi connectivity index (χ1v) is 5.81. The molecule has 1 N–H and O–H groups in total. The van der Waals surface area contributed by atoms with Crippen LogP contribution in [-0.4, -0.2) is 32.0 Å². The molecule has 0 aliphatic heterocycles. The van der Waals surface area contributed by atoms with E-state index in [0.717, 1.165) is 0 Å². The Hall–Kier alpha value is -2.30. The minimum Gasteiger partial charge on any atom is -0.493 e. The molecule has 1 aromatic carbocycles. The zero-order valence-electron chi connectivity index (χ0n) is 11.0. The van der Waals surface area contributed by atoms with E-state index in [1.54, 1.807) is 31.2 Å². The fourth-order valence-electron chi connectivity index (χ4n) is 1.46. The minimum atomic E-state index is -0.741. The topological polar surface area (TPSA) is 64.6 Å². The molecule has 5 nitrogen and oxygen atoms in total. The summed E-state index contributed by atoms with van der Waals surface area (Å²) in [4.78, 5) is 22.7. The maximum Gasteiger partial charge on any atom is 0.261 e. The van der Waals surface area contributed by atoms with Gasteiger partial charge in [-0.1, -0.05) is 12.1 Å². The Labute approximate surface area is 112 Å². The molecule has 1 unspecified atom stereocenters. The second kappa shape index (κ2) is 7.20. The van der Waals surface area contributed by atoms with Gasteiger partial charge in [0, 0.05) is 6.54 Å². The van der Waals surface area contributed by atoms with Gasteiger partial charge in [-0.05, 0) is 19.1 Å². The standard InChI is InChI=1S/C14H17NO4/c1-4-8-15-14(17)10(2)19-13-11(9-16)6-5-7-12(13)18-3/h4-7,9-10H,1,8H2,2-3H3,(H,15,17). The molecule has 102 valence electrons. The second-order valence-corrected chi connectivity index (χ2v) is 3.79. The maximum absolute atomic E-state index is 11.7. The van der Waals surface area contributed by atoms with Crippen LogP contribution in [0.2, 0.25) is 0 Å². The SMILES string of the molecule is C=CCNC(=O)C(C)Oc1c(C=O)cccc1OC. The molecule has 1 amide bonds. The van der Waals surface area contributed by atoms with E-state index in [4.69, 9.17) is 9.47 Å². The molecule has 0 aromatic heterocycles. The number of aldehydes is 1. The van der Waals surface area contributed by atoms with Gasteiger partial charge in [0.2, 0.25) is 0 Å². The van der Waals surface area contributed by atoms with E-state index in [-0.39, 0.29) is 11.7 Å². The summed E-state index contributed by atoms with van der Waals surface area (Å²) in [5.41, 5.74) is 0.336. The van der Waals surface area contributed by atoms with Crippen molar-refractivity contribution in [2.24, 2.45) is 0 Å². The lowest BCUT2D eigenvalue weighted by atomic mass is 10.2. The van der Waals surface area contributed by atoms with Crippen molar-refractivity contribution in [3.8, 4) is 11.5 Å². The summed E-state index contributed by atoms with van der Waals surface area (Å²) in [5, 5.41) is 2.62. The Morgan fingerprint density at radius 2 is 2.26 bits per heavy atom. The number of benzene rings is 1. The van der Waals surface area contributed by atoms with Crippen molar-refractivity contribution in [2.75, 3.05) is 13.7 Å². The highest BCUT2D eigenvalue weighted by molar-refractivity contribution is 5.83. The van der Waals surface area contributed by atoms with E-state index < -0.39 is 6.10 Å². The van der Waals surface area contributed by atoms with Gasteiger partial charge < -0.3 is 14.8 Å². The third-order valence-corrected chi connectivity index (χ3v) is 2.44. The highest BCUT2D eigenvalue weighted by Crippen LogP contribution is 2.30. The first-order valence-electron chi connectivity index (χ1n) is 5.81. The molecule has 0 saturated carbocycles. The van der Waals surface area contributed by atoms with E-state index in [1.165, 1.54) is 7.11 Å². The fourth-order valence-corrected chi connectivity index (χ4v) is 1.46. The third kappa shape index (κ3) is 3.84. The van der Waals surface area contributed by atoms with Crippen molar-refractivity contribution in [3.63, 3.8) is 0 Å². The van der Waals surface area contributed by atoms with Gasteiger partial charge in [-0.3, -0.25) is 9.59 Å². The summed E-state index contributed by atoms with van der Waals surface area (Å²) in [6, 6.07) is 4.94. The summed E-state index contributed by atoms with van der Waals surface area (Å²) < 4.78 is 10.6. The number of carbonyl (C=O) groups is 2. The molecule has 0 saturated heterocycles. The molecule has 0 radical (unpaired) electrons. The fraction of sp³-hybridized carbons (Fsp3) is 0.286. The van der Waals surface area contributed by atoms with Gasteiger partial charge >= 0.3 is 0 Å². The van der Waals surface area contributed by atoms with Crippen molar-refractivity contribution in [3.05, 3.63) is 36.4 Å². The maximum atomic E-state index is 11.7. The molecular formula is C14H17NO4. The molecule has 0 aliphatic rings. The van der Waals surface area contributed by atoms with Gasteiger partial charge in [0.15, 0.2) is 23.9 Å². The van der Waals surface area contributed by atoms with Gasteiger partial charge in [-0.15, -0.1) is 6.58 Å². The molecule has 1 rings (SSSR count). The van der Waals surface area contributed by atoms with Crippen molar-refractivity contribution in [1.82, 2.24) is 5.32 Å². The Kier molecular flexibility index (Phi) is 5.60. The summed E-state index contributed by atoms with van der Waals surface area (Å²) in [7, 11) is 1.47. The number of amides is 1. The summed E-state index contributed by atoms with van der Waals surface area (Å²) in [5.74, 6) is 0.386. The second-order valence-electron chi connectivity index (χ2n) is 3.79. The summed E-state index contributed by atoms with van der Waals surface area (Å²) in [6.45, 7) is 5.47. The summed E-state index contributed by atoms with van der Waals surface area (Å²) >= 11 is 0. The van der Waals surface area contributed by atoms with Crippen molar-refractivity contribution >= 4 is 12.2 Å². The molecule has 0 heterocycles. The summed E-state index contributed by atoms with van der Waals surface area (Å²) in [6.07, 6.45) is 1.49. The Balaban J connectivity index is 2.88. The Morgan fingerprint density at radius 1 is 1.53 bits per heavy atom. The third-order valence-electron chi connectivity index (χ3n) is 2.44. The lowest BCUT2D eigenvalue weighted by Gasteiger charge is -2.17. The van der Waals surface area contributed by atoms with Gasteiger partial charge in [0.25, 0.3) is 5.91 Å². The first kappa shape index (κ1) is 14.8. The zero-order valence-corrected chi connectivity index (χ0v) is 11.0. The number of hydrogen-bond donors (Lipinski definition) is 1. The number of hydrogen-bond acceptors (Lipinski definition) is 4. The van der Waals surface area contributed by atoms with Crippen LogP contribution in [0.15, 0.2) is 30.9 Å². The van der Waals surface area contributed by atoms with E-state index in [9.17, 15) is 9.59 Å². The van der Waals surface area contributed by atoms with Crippen LogP contribution in [0.3, 0.4) is 0 Å². The Morgan fingerprint density at radius 3 is 2.84 bits per heavy atom. The molecule has 0 spiro atoms. The smallest absolute Gasteiger partial charge is 0.261 e. The number of nitrogens with one attached hydrogen (secondary N) is 1. The highest BCUT2D eigenvalue weighted by atomic mass is 16.5. The molecule has 0 aliphatic carbocycles. The van der Waals surface area contributed by atoms with Crippen molar-refractivity contribution in [1.29, 1.82) is 0 Å². The average Bonchev–Trinajstić information content (AvgIpc) is 2.44. The number of carbonyl (C=O) groups excluding carboxylic acids is 2. The molecular weight excluding hydrogens is 246 g/mol. The van der Waals surface area contributed by atoms with Crippen LogP contribution in [-0.2, 0) is 4.79 Å². The van der Waals surface area contributed by atoms with Crippen LogP contribution in [0.1, 0.15) is 17.3 Å². The molecule has 1 aromatic rings. The van der Waals surface area contributed by atoms with Crippen LogP contribution in [0, 0.1) is 0 Å². The van der Waals surface area contributed by atoms with Crippen molar-refractivity contribution < 1.29 is 19.1 Å². The van der Waals surface area contributed by atoms with Crippen LogP contribution >= 0.6 is 0 Å². The molecule has 1 atom stereocenters. The largest absolute Gasteiger partial charge is 0.493 e. The number of para-hydroxylation sites is 1. The molecule has 0 bridgehead atoms. The zero-order chi connectivity index (χ0) is 14.3. The normalized spacial score (nSPS) is 11.3. The van der Waals surface area contributed by atoms with E-state index in [2.05, 4.69) is 11.9 Å². The van der Waals surface area contributed by atoms with Crippen molar-refractivity contribution in [2.45, 2.75) is 13.0 Å². The Bertz CT molecular complexity index is 471. The van der Waals surface area contributed by atoms with Gasteiger partial charge in [-0.25, -0.2) is 0 Å². The minimum absolute atomic E-state index is 0.265. The monoisotopic (exact) mass is 263 g/mol. The van der Waals surface area contributed by atoms with Gasteiger partial charge in [-0.2, -0.15) is 0 Å². The van der Waals surface area contributed by atoms with Gasteiger partial charge in [0.05, 0.1) is 12.7 Å². The highest BCUT2D eigenvalue weighted by Gasteiger charge is 2.18. The number of rotatable bonds is 7. The number of methoxy groups -OCH3 is 1. The predicted octanol–water partition coefficient (Wildman–Crippen LogP) is 1.58. The van der Waals surface area contributed by atoms with Crippen LogP contribution in [0.25, 0.3) is 0 Å². The van der Waals surface area contributed by atoms with Gasteiger partial charge in [0.1, 0.15) is 0 Å². The number of ether oxygens (including phenoxy) is 2. The van der Waals surface area contributed by atoms with E-state index >= 15 is 0 Å². The van der Waals surface area contributed by atoms with Crippen LogP contribution < -0.4 is 14.8 Å². The average molecular weight is 263 g/mol. The first-order chi connectivity index (χ1) is 9.13. The van der Waals surface area contributed by atoms with Crippen LogP contribution in [0.4, 0.5) is 0 Å². The quantitative estimate of drug-likeness (QED) is 0.599.